The molecular formula is C14H23NO. The van der Waals surface area contributed by atoms with Gasteiger partial charge in [0.15, 0.2) is 0 Å². The van der Waals surface area contributed by atoms with Crippen molar-refractivity contribution < 1.29 is 4.74 Å². The van der Waals surface area contributed by atoms with Crippen LogP contribution in [-0.2, 0) is 0 Å². The topological polar surface area (TPSA) is 21.3 Å². The first-order valence-corrected chi connectivity index (χ1v) is 5.95. The van der Waals surface area contributed by atoms with E-state index in [0.29, 0.717) is 12.0 Å². The molecule has 0 amide bonds. The lowest BCUT2D eigenvalue weighted by Gasteiger charge is -2.23. The van der Waals surface area contributed by atoms with Gasteiger partial charge in [0, 0.05) is 6.04 Å². The Morgan fingerprint density at radius 2 is 2.06 bits per heavy atom. The Balaban J connectivity index is 2.98. The predicted octanol–water partition coefficient (Wildman–Crippen LogP) is 3.31. The third-order valence-corrected chi connectivity index (χ3v) is 3.30. The van der Waals surface area contributed by atoms with E-state index in [-0.39, 0.29) is 0 Å². The largest absolute Gasteiger partial charge is 0.496 e. The molecule has 0 aliphatic heterocycles. The lowest BCUT2D eigenvalue weighted by molar-refractivity contribution is 0.396. The van der Waals surface area contributed by atoms with Crippen LogP contribution in [0.5, 0.6) is 5.75 Å². The van der Waals surface area contributed by atoms with Gasteiger partial charge in [-0.2, -0.15) is 0 Å². The average Bonchev–Trinajstić information content (AvgIpc) is 2.30. The van der Waals surface area contributed by atoms with E-state index >= 15 is 0 Å². The minimum Gasteiger partial charge on any atom is -0.496 e. The lowest BCUT2D eigenvalue weighted by Crippen LogP contribution is -2.23. The highest BCUT2D eigenvalue weighted by atomic mass is 16.5. The van der Waals surface area contributed by atoms with Gasteiger partial charge in [0.25, 0.3) is 0 Å². The highest BCUT2D eigenvalue weighted by Crippen LogP contribution is 2.27. The molecule has 0 saturated heterocycles. The Hall–Kier alpha value is -1.02. The molecule has 0 bridgehead atoms. The molecule has 0 aromatic heterocycles. The SMILES string of the molecule is CCC(C)C(NC)c1ccc(OC)c(C)c1. The van der Waals surface area contributed by atoms with Crippen molar-refractivity contribution >= 4 is 0 Å². The predicted molar refractivity (Wildman–Crippen MR) is 69.0 cm³/mol. The highest BCUT2D eigenvalue weighted by Gasteiger charge is 2.16. The summed E-state index contributed by atoms with van der Waals surface area (Å²) in [6.45, 7) is 6.60. The van der Waals surface area contributed by atoms with E-state index < -0.39 is 0 Å². The molecule has 90 valence electrons. The van der Waals surface area contributed by atoms with Crippen molar-refractivity contribution in [3.05, 3.63) is 29.3 Å². The van der Waals surface area contributed by atoms with Crippen LogP contribution in [0.2, 0.25) is 0 Å². The van der Waals surface area contributed by atoms with Crippen LogP contribution in [0.4, 0.5) is 0 Å². The highest BCUT2D eigenvalue weighted by molar-refractivity contribution is 5.37. The van der Waals surface area contributed by atoms with Crippen molar-refractivity contribution in [3.8, 4) is 5.75 Å². The quantitative estimate of drug-likeness (QED) is 0.823. The first-order valence-electron chi connectivity index (χ1n) is 5.95. The average molecular weight is 221 g/mol. The maximum atomic E-state index is 5.28. The van der Waals surface area contributed by atoms with Gasteiger partial charge in [0.05, 0.1) is 7.11 Å². The number of ether oxygens (including phenoxy) is 1. The molecular weight excluding hydrogens is 198 g/mol. The molecule has 2 heteroatoms. The van der Waals surface area contributed by atoms with Crippen molar-refractivity contribution in [3.63, 3.8) is 0 Å². The van der Waals surface area contributed by atoms with Crippen LogP contribution in [0, 0.1) is 12.8 Å². The number of benzene rings is 1. The summed E-state index contributed by atoms with van der Waals surface area (Å²) < 4.78 is 5.28. The van der Waals surface area contributed by atoms with Crippen LogP contribution in [0.25, 0.3) is 0 Å². The van der Waals surface area contributed by atoms with Crippen LogP contribution in [0.1, 0.15) is 37.4 Å². The fraction of sp³-hybridized carbons (Fsp3) is 0.571. The molecule has 1 rings (SSSR count). The summed E-state index contributed by atoms with van der Waals surface area (Å²) in [7, 11) is 3.74. The molecule has 1 aromatic rings. The minimum atomic E-state index is 0.426. The molecule has 0 fully saturated rings. The van der Waals surface area contributed by atoms with Gasteiger partial charge in [-0.3, -0.25) is 0 Å². The molecule has 1 N–H and O–H groups in total. The first kappa shape index (κ1) is 13.0. The van der Waals surface area contributed by atoms with Crippen LogP contribution < -0.4 is 10.1 Å². The summed E-state index contributed by atoms with van der Waals surface area (Å²) in [5.41, 5.74) is 2.54. The molecule has 2 atom stereocenters. The summed E-state index contributed by atoms with van der Waals surface area (Å²) >= 11 is 0. The standard InChI is InChI=1S/C14H23NO/c1-6-10(2)14(15-4)12-7-8-13(16-5)11(3)9-12/h7-10,14-15H,6H2,1-5H3. The molecule has 0 aliphatic rings. The van der Waals surface area contributed by atoms with Gasteiger partial charge >= 0.3 is 0 Å². The summed E-state index contributed by atoms with van der Waals surface area (Å²) in [5, 5.41) is 3.39. The lowest BCUT2D eigenvalue weighted by atomic mass is 9.91. The third kappa shape index (κ3) is 2.76. The van der Waals surface area contributed by atoms with Crippen molar-refractivity contribution in [2.45, 2.75) is 33.2 Å². The molecule has 1 aromatic carbocycles. The molecule has 0 heterocycles. The maximum Gasteiger partial charge on any atom is 0.121 e. The summed E-state index contributed by atoms with van der Waals surface area (Å²) in [6.07, 6.45) is 1.18. The van der Waals surface area contributed by atoms with E-state index in [9.17, 15) is 0 Å². The van der Waals surface area contributed by atoms with E-state index in [1.165, 1.54) is 17.5 Å². The summed E-state index contributed by atoms with van der Waals surface area (Å²) in [4.78, 5) is 0. The molecule has 2 nitrogen and oxygen atoms in total. The number of rotatable bonds is 5. The molecule has 2 unspecified atom stereocenters. The zero-order chi connectivity index (χ0) is 12.1. The summed E-state index contributed by atoms with van der Waals surface area (Å²) in [5.74, 6) is 1.60. The Bertz CT molecular complexity index is 336. The van der Waals surface area contributed by atoms with Crippen molar-refractivity contribution in [1.29, 1.82) is 0 Å². The van der Waals surface area contributed by atoms with Gasteiger partial charge < -0.3 is 10.1 Å². The zero-order valence-electron chi connectivity index (χ0n) is 11.0. The Labute approximate surface area is 99.0 Å². The monoisotopic (exact) mass is 221 g/mol. The van der Waals surface area contributed by atoms with E-state index in [2.05, 4.69) is 44.3 Å². The van der Waals surface area contributed by atoms with Gasteiger partial charge in [-0.1, -0.05) is 32.4 Å². The Morgan fingerprint density at radius 3 is 2.50 bits per heavy atom. The molecule has 0 aliphatic carbocycles. The fourth-order valence-corrected chi connectivity index (χ4v) is 2.11. The Kier molecular flexibility index (Phi) is 4.81. The zero-order valence-corrected chi connectivity index (χ0v) is 11.0. The van der Waals surface area contributed by atoms with Crippen molar-refractivity contribution in [1.82, 2.24) is 5.32 Å². The van der Waals surface area contributed by atoms with Crippen LogP contribution in [0.3, 0.4) is 0 Å². The Morgan fingerprint density at radius 1 is 1.38 bits per heavy atom. The number of aryl methyl sites for hydroxylation is 1. The van der Waals surface area contributed by atoms with Gasteiger partial charge in [-0.05, 0) is 37.1 Å². The molecule has 0 saturated carbocycles. The number of methoxy groups -OCH3 is 1. The smallest absolute Gasteiger partial charge is 0.121 e. The van der Waals surface area contributed by atoms with E-state index in [1.54, 1.807) is 7.11 Å². The molecule has 16 heavy (non-hydrogen) atoms. The normalized spacial score (nSPS) is 14.6. The minimum absolute atomic E-state index is 0.426. The second-order valence-electron chi connectivity index (χ2n) is 4.38. The fourth-order valence-electron chi connectivity index (χ4n) is 2.11. The van der Waals surface area contributed by atoms with Crippen molar-refractivity contribution in [2.24, 2.45) is 5.92 Å². The second-order valence-corrected chi connectivity index (χ2v) is 4.38. The third-order valence-electron chi connectivity index (χ3n) is 3.30. The second kappa shape index (κ2) is 5.90. The number of hydrogen-bond acceptors (Lipinski definition) is 2. The van der Waals surface area contributed by atoms with Gasteiger partial charge in [0.1, 0.15) is 5.75 Å². The molecule has 0 spiro atoms. The summed E-state index contributed by atoms with van der Waals surface area (Å²) in [6, 6.07) is 6.84. The van der Waals surface area contributed by atoms with Crippen LogP contribution in [-0.4, -0.2) is 14.2 Å². The van der Waals surface area contributed by atoms with Gasteiger partial charge in [0.2, 0.25) is 0 Å². The van der Waals surface area contributed by atoms with Crippen molar-refractivity contribution in [2.75, 3.05) is 14.2 Å². The van der Waals surface area contributed by atoms with Gasteiger partial charge in [-0.25, -0.2) is 0 Å². The van der Waals surface area contributed by atoms with Crippen LogP contribution >= 0.6 is 0 Å². The first-order chi connectivity index (χ1) is 7.63. The molecule has 0 radical (unpaired) electrons. The van der Waals surface area contributed by atoms with E-state index in [4.69, 9.17) is 4.74 Å². The van der Waals surface area contributed by atoms with E-state index in [1.807, 2.05) is 7.05 Å². The van der Waals surface area contributed by atoms with E-state index in [0.717, 1.165) is 5.75 Å². The van der Waals surface area contributed by atoms with Crippen LogP contribution in [0.15, 0.2) is 18.2 Å². The number of hydrogen-bond donors (Lipinski definition) is 1. The van der Waals surface area contributed by atoms with Gasteiger partial charge in [-0.15, -0.1) is 0 Å². The number of nitrogens with one attached hydrogen (secondary N) is 1. The maximum absolute atomic E-state index is 5.28.